The Morgan fingerprint density at radius 3 is 2.70 bits per heavy atom. The molecule has 0 bridgehead atoms. The van der Waals surface area contributed by atoms with Crippen LogP contribution in [0.15, 0.2) is 65.9 Å². The van der Waals surface area contributed by atoms with E-state index < -0.39 is 0 Å². The number of phenolic OH excluding ortho intramolecular Hbond substituents is 1. The molecule has 5 heteroatoms. The highest BCUT2D eigenvalue weighted by Gasteiger charge is 2.07. The molecule has 0 aliphatic heterocycles. The molecule has 1 amide bonds. The Morgan fingerprint density at radius 2 is 1.87 bits per heavy atom. The number of hydrogen-bond acceptors (Lipinski definition) is 3. The second-order valence-electron chi connectivity index (χ2n) is 5.25. The van der Waals surface area contributed by atoms with Crippen molar-refractivity contribution in [2.75, 3.05) is 0 Å². The Hall–Kier alpha value is -3.08. The Labute approximate surface area is 133 Å². The second-order valence-corrected chi connectivity index (χ2v) is 5.25. The van der Waals surface area contributed by atoms with Crippen LogP contribution in [-0.2, 0) is 11.3 Å². The molecule has 1 aromatic heterocycles. The molecule has 0 saturated carbocycles. The molecule has 0 saturated heterocycles. The monoisotopic (exact) mass is 307 g/mol. The molecule has 0 radical (unpaired) electrons. The highest BCUT2D eigenvalue weighted by atomic mass is 16.3. The lowest BCUT2D eigenvalue weighted by Crippen LogP contribution is -2.24. The summed E-state index contributed by atoms with van der Waals surface area (Å²) in [7, 11) is 0. The van der Waals surface area contributed by atoms with Crippen LogP contribution >= 0.6 is 0 Å². The fourth-order valence-electron chi connectivity index (χ4n) is 2.45. The number of rotatable bonds is 4. The van der Waals surface area contributed by atoms with E-state index in [-0.39, 0.29) is 18.2 Å². The summed E-state index contributed by atoms with van der Waals surface area (Å²) < 4.78 is 1.87. The number of carbonyl (C=O) groups excluding carboxylic acids is 1. The van der Waals surface area contributed by atoms with Gasteiger partial charge in [-0.25, -0.2) is 5.43 Å². The zero-order valence-corrected chi connectivity index (χ0v) is 12.7. The zero-order chi connectivity index (χ0) is 16.2. The predicted molar refractivity (Wildman–Crippen MR) is 90.4 cm³/mol. The zero-order valence-electron chi connectivity index (χ0n) is 12.7. The van der Waals surface area contributed by atoms with Crippen molar-refractivity contribution in [3.05, 3.63) is 66.4 Å². The molecule has 2 aromatic carbocycles. The third-order valence-electron chi connectivity index (χ3n) is 3.64. The normalized spacial score (nSPS) is 11.6. The minimum absolute atomic E-state index is 0.138. The lowest BCUT2D eigenvalue weighted by Gasteiger charge is -2.06. The van der Waals surface area contributed by atoms with Gasteiger partial charge >= 0.3 is 0 Å². The van der Waals surface area contributed by atoms with Crippen LogP contribution in [0.3, 0.4) is 0 Å². The van der Waals surface area contributed by atoms with Crippen molar-refractivity contribution in [2.45, 2.75) is 13.5 Å². The van der Waals surface area contributed by atoms with Gasteiger partial charge < -0.3 is 9.67 Å². The number of phenols is 1. The van der Waals surface area contributed by atoms with Gasteiger partial charge in [-0.1, -0.05) is 30.3 Å². The van der Waals surface area contributed by atoms with Crippen molar-refractivity contribution in [3.63, 3.8) is 0 Å². The molecule has 0 fully saturated rings. The Kier molecular flexibility index (Phi) is 4.10. The number of carbonyl (C=O) groups is 1. The molecule has 116 valence electrons. The number of nitrogens with zero attached hydrogens (tertiary/aromatic N) is 2. The van der Waals surface area contributed by atoms with E-state index in [4.69, 9.17) is 0 Å². The predicted octanol–water partition coefficient (Wildman–Crippen LogP) is 2.89. The van der Waals surface area contributed by atoms with Gasteiger partial charge in [0.15, 0.2) is 0 Å². The molecular weight excluding hydrogens is 290 g/mol. The molecule has 0 aliphatic rings. The maximum Gasteiger partial charge on any atom is 0.259 e. The lowest BCUT2D eigenvalue weighted by atomic mass is 10.1. The average molecular weight is 307 g/mol. The van der Waals surface area contributed by atoms with Crippen molar-refractivity contribution in [3.8, 4) is 5.75 Å². The first-order valence-corrected chi connectivity index (χ1v) is 7.30. The van der Waals surface area contributed by atoms with Crippen molar-refractivity contribution in [1.82, 2.24) is 9.99 Å². The molecule has 0 spiro atoms. The largest absolute Gasteiger partial charge is 0.507 e. The highest BCUT2D eigenvalue weighted by Crippen LogP contribution is 2.16. The number of hydrazone groups is 1. The van der Waals surface area contributed by atoms with Gasteiger partial charge in [0.1, 0.15) is 12.3 Å². The molecule has 3 rings (SSSR count). The molecule has 0 aliphatic carbocycles. The molecule has 23 heavy (non-hydrogen) atoms. The van der Waals surface area contributed by atoms with Crippen LogP contribution < -0.4 is 5.43 Å². The van der Waals surface area contributed by atoms with Crippen molar-refractivity contribution < 1.29 is 9.90 Å². The molecule has 0 atom stereocenters. The number of amides is 1. The summed E-state index contributed by atoms with van der Waals surface area (Å²) >= 11 is 0. The Morgan fingerprint density at radius 1 is 1.13 bits per heavy atom. The Balaban J connectivity index is 1.70. The van der Waals surface area contributed by atoms with Crippen LogP contribution in [0.5, 0.6) is 5.75 Å². The van der Waals surface area contributed by atoms with Gasteiger partial charge in [0.25, 0.3) is 5.91 Å². The van der Waals surface area contributed by atoms with Gasteiger partial charge in [-0.2, -0.15) is 5.10 Å². The third kappa shape index (κ3) is 3.23. The summed E-state index contributed by atoms with van der Waals surface area (Å²) in [5.41, 5.74) is 4.68. The van der Waals surface area contributed by atoms with Crippen LogP contribution in [0.4, 0.5) is 0 Å². The van der Waals surface area contributed by atoms with E-state index in [2.05, 4.69) is 10.5 Å². The first-order valence-electron chi connectivity index (χ1n) is 7.30. The van der Waals surface area contributed by atoms with Crippen LogP contribution in [-0.4, -0.2) is 21.3 Å². The third-order valence-corrected chi connectivity index (χ3v) is 3.64. The standard InChI is InChI=1S/C18H17N3O2/c1-13(15-7-3-5-9-17(15)22)19-20-18(23)12-21-11-10-14-6-2-4-8-16(14)21/h2-11,22H,12H2,1H3,(H,20,23)/b19-13+. The number of benzene rings is 2. The van der Waals surface area contributed by atoms with E-state index in [0.29, 0.717) is 11.3 Å². The van der Waals surface area contributed by atoms with E-state index in [1.165, 1.54) is 0 Å². The minimum atomic E-state index is -0.221. The van der Waals surface area contributed by atoms with Gasteiger partial charge in [-0.15, -0.1) is 0 Å². The molecular formula is C18H17N3O2. The highest BCUT2D eigenvalue weighted by molar-refractivity contribution is 6.01. The van der Waals surface area contributed by atoms with Crippen LogP contribution in [0, 0.1) is 0 Å². The maximum atomic E-state index is 12.1. The van der Waals surface area contributed by atoms with Gasteiger partial charge in [0, 0.05) is 17.3 Å². The fraction of sp³-hybridized carbons (Fsp3) is 0.111. The van der Waals surface area contributed by atoms with Gasteiger partial charge in [0.2, 0.25) is 0 Å². The van der Waals surface area contributed by atoms with Crippen LogP contribution in [0.2, 0.25) is 0 Å². The summed E-state index contributed by atoms with van der Waals surface area (Å²) in [5, 5.41) is 14.9. The van der Waals surface area contributed by atoms with E-state index >= 15 is 0 Å². The quantitative estimate of drug-likeness (QED) is 0.575. The summed E-state index contributed by atoms with van der Waals surface area (Å²) in [5.74, 6) is -0.0828. The van der Waals surface area contributed by atoms with Crippen molar-refractivity contribution in [1.29, 1.82) is 0 Å². The fourth-order valence-corrected chi connectivity index (χ4v) is 2.45. The smallest absolute Gasteiger partial charge is 0.259 e. The molecule has 2 N–H and O–H groups in total. The molecule has 1 heterocycles. The van der Waals surface area contributed by atoms with Crippen LogP contribution in [0.1, 0.15) is 12.5 Å². The Bertz CT molecular complexity index is 881. The van der Waals surface area contributed by atoms with E-state index in [0.717, 1.165) is 10.9 Å². The average Bonchev–Trinajstić information content (AvgIpc) is 2.96. The van der Waals surface area contributed by atoms with E-state index in [1.807, 2.05) is 47.2 Å². The lowest BCUT2D eigenvalue weighted by molar-refractivity contribution is -0.121. The number of aromatic hydroxyl groups is 1. The topological polar surface area (TPSA) is 66.6 Å². The van der Waals surface area contributed by atoms with Gasteiger partial charge in [-0.3, -0.25) is 4.79 Å². The maximum absolute atomic E-state index is 12.1. The summed E-state index contributed by atoms with van der Waals surface area (Å²) in [6.07, 6.45) is 1.88. The number of fused-ring (bicyclic) bond motifs is 1. The van der Waals surface area contributed by atoms with Crippen LogP contribution in [0.25, 0.3) is 10.9 Å². The number of hydrogen-bond donors (Lipinski definition) is 2. The molecule has 0 unspecified atom stereocenters. The van der Waals surface area contributed by atoms with Gasteiger partial charge in [-0.05, 0) is 36.6 Å². The van der Waals surface area contributed by atoms with Crippen molar-refractivity contribution >= 4 is 22.5 Å². The first kappa shape index (κ1) is 14.8. The number of aromatic nitrogens is 1. The van der Waals surface area contributed by atoms with Gasteiger partial charge in [0.05, 0.1) is 5.71 Å². The SMILES string of the molecule is C/C(=N\NC(=O)Cn1ccc2ccccc21)c1ccccc1O. The number of nitrogens with one attached hydrogen (secondary N) is 1. The summed E-state index contributed by atoms with van der Waals surface area (Å²) in [6, 6.07) is 16.7. The molecule has 5 nitrogen and oxygen atoms in total. The molecule has 3 aromatic rings. The summed E-state index contributed by atoms with van der Waals surface area (Å²) in [4.78, 5) is 12.1. The second kappa shape index (κ2) is 6.36. The minimum Gasteiger partial charge on any atom is -0.507 e. The summed E-state index contributed by atoms with van der Waals surface area (Å²) in [6.45, 7) is 1.92. The van der Waals surface area contributed by atoms with Crippen molar-refractivity contribution in [2.24, 2.45) is 5.10 Å². The first-order chi connectivity index (χ1) is 11.1. The van der Waals surface area contributed by atoms with E-state index in [1.54, 1.807) is 25.1 Å². The number of para-hydroxylation sites is 2. The van der Waals surface area contributed by atoms with E-state index in [9.17, 15) is 9.90 Å².